The third kappa shape index (κ3) is 4.10. The number of nitrogens with zero attached hydrogens (tertiary/aromatic N) is 1. The van der Waals surface area contributed by atoms with E-state index in [0.717, 1.165) is 17.8 Å². The maximum Gasteiger partial charge on any atom is 0.417 e. The van der Waals surface area contributed by atoms with Crippen molar-refractivity contribution in [3.8, 4) is 0 Å². The standard InChI is InChI=1S/C11H13F3N2O2S/c1-10(2,8(15)9(17)18)19-7-4-3-6(5-16-7)11(12,13)14/h3-5,8H,15H2,1-2H3,(H,17,18)/t8-/m1/s1. The molecule has 1 aromatic rings. The Morgan fingerprint density at radius 1 is 1.42 bits per heavy atom. The van der Waals surface area contributed by atoms with Gasteiger partial charge in [0, 0.05) is 10.9 Å². The fourth-order valence-corrected chi connectivity index (χ4v) is 2.25. The number of pyridine rings is 1. The second-order valence-electron chi connectivity index (χ2n) is 4.40. The maximum absolute atomic E-state index is 12.3. The number of carboxylic acids is 1. The van der Waals surface area contributed by atoms with Gasteiger partial charge in [-0.05, 0) is 26.0 Å². The van der Waals surface area contributed by atoms with Crippen LogP contribution in [0.4, 0.5) is 13.2 Å². The number of alkyl halides is 3. The average Bonchev–Trinajstić information content (AvgIpc) is 2.26. The van der Waals surface area contributed by atoms with Crippen LogP contribution < -0.4 is 5.73 Å². The molecular weight excluding hydrogens is 281 g/mol. The zero-order chi connectivity index (χ0) is 14.8. The van der Waals surface area contributed by atoms with Crippen molar-refractivity contribution in [1.82, 2.24) is 4.98 Å². The predicted octanol–water partition coefficient (Wildman–Crippen LogP) is 2.38. The van der Waals surface area contributed by atoms with Crippen LogP contribution in [-0.2, 0) is 11.0 Å². The van der Waals surface area contributed by atoms with E-state index in [2.05, 4.69) is 4.98 Å². The van der Waals surface area contributed by atoms with Crippen LogP contribution in [0.25, 0.3) is 0 Å². The molecule has 0 spiro atoms. The molecule has 1 heterocycles. The molecule has 3 N–H and O–H groups in total. The largest absolute Gasteiger partial charge is 0.480 e. The van der Waals surface area contributed by atoms with Gasteiger partial charge in [-0.15, -0.1) is 0 Å². The molecule has 0 aliphatic heterocycles. The summed E-state index contributed by atoms with van der Waals surface area (Å²) in [6.45, 7) is 3.19. The van der Waals surface area contributed by atoms with Crippen molar-refractivity contribution in [1.29, 1.82) is 0 Å². The van der Waals surface area contributed by atoms with Gasteiger partial charge in [-0.25, -0.2) is 4.98 Å². The van der Waals surface area contributed by atoms with E-state index in [1.807, 2.05) is 0 Å². The van der Waals surface area contributed by atoms with E-state index in [4.69, 9.17) is 10.8 Å². The van der Waals surface area contributed by atoms with E-state index in [1.165, 1.54) is 6.07 Å². The minimum Gasteiger partial charge on any atom is -0.480 e. The van der Waals surface area contributed by atoms with E-state index >= 15 is 0 Å². The number of rotatable bonds is 4. The van der Waals surface area contributed by atoms with Gasteiger partial charge in [-0.2, -0.15) is 13.2 Å². The second kappa shape index (κ2) is 5.38. The van der Waals surface area contributed by atoms with Crippen LogP contribution in [0.15, 0.2) is 23.4 Å². The predicted molar refractivity (Wildman–Crippen MR) is 64.8 cm³/mol. The molecule has 0 aliphatic rings. The third-order valence-electron chi connectivity index (χ3n) is 2.45. The molecule has 0 saturated carbocycles. The number of nitrogens with two attached hydrogens (primary N) is 1. The lowest BCUT2D eigenvalue weighted by Crippen LogP contribution is -2.46. The number of halogens is 3. The summed E-state index contributed by atoms with van der Waals surface area (Å²) >= 11 is 1.02. The fourth-order valence-electron chi connectivity index (χ4n) is 1.24. The molecule has 1 rings (SSSR count). The van der Waals surface area contributed by atoms with Crippen molar-refractivity contribution >= 4 is 17.7 Å². The molecule has 106 valence electrons. The first-order valence-corrected chi connectivity index (χ1v) is 6.06. The first kappa shape index (κ1) is 15.8. The van der Waals surface area contributed by atoms with E-state index in [-0.39, 0.29) is 5.03 Å². The minimum absolute atomic E-state index is 0.287. The van der Waals surface area contributed by atoms with Crippen molar-refractivity contribution in [2.45, 2.75) is 35.8 Å². The molecule has 1 aromatic heterocycles. The zero-order valence-corrected chi connectivity index (χ0v) is 11.0. The summed E-state index contributed by atoms with van der Waals surface area (Å²) < 4.78 is 36.2. The molecule has 1 atom stereocenters. The van der Waals surface area contributed by atoms with Gasteiger partial charge in [-0.3, -0.25) is 4.79 Å². The van der Waals surface area contributed by atoms with Crippen LogP contribution in [0.2, 0.25) is 0 Å². The molecule has 0 amide bonds. The lowest BCUT2D eigenvalue weighted by atomic mass is 10.1. The summed E-state index contributed by atoms with van der Waals surface area (Å²) in [5.74, 6) is -1.18. The van der Waals surface area contributed by atoms with Gasteiger partial charge >= 0.3 is 12.1 Å². The summed E-state index contributed by atoms with van der Waals surface area (Å²) in [5.41, 5.74) is 4.66. The molecule has 0 fully saturated rings. The lowest BCUT2D eigenvalue weighted by molar-refractivity contribution is -0.139. The number of carboxylic acid groups (broad SMARTS) is 1. The van der Waals surface area contributed by atoms with Crippen molar-refractivity contribution < 1.29 is 23.1 Å². The number of hydrogen-bond acceptors (Lipinski definition) is 4. The number of thioether (sulfide) groups is 1. The Morgan fingerprint density at radius 2 is 2.00 bits per heavy atom. The van der Waals surface area contributed by atoms with Gasteiger partial charge in [0.25, 0.3) is 0 Å². The molecule has 19 heavy (non-hydrogen) atoms. The van der Waals surface area contributed by atoms with Gasteiger partial charge in [0.1, 0.15) is 6.04 Å². The number of hydrogen-bond donors (Lipinski definition) is 2. The minimum atomic E-state index is -4.44. The SMILES string of the molecule is CC(C)(Sc1ccc(C(F)(F)F)cn1)[C@H](N)C(=O)O. The topological polar surface area (TPSA) is 76.2 Å². The molecular formula is C11H13F3N2O2S. The number of carbonyl (C=O) groups is 1. The van der Waals surface area contributed by atoms with Crippen LogP contribution in [0, 0.1) is 0 Å². The normalized spacial score (nSPS) is 14.2. The average molecular weight is 294 g/mol. The Morgan fingerprint density at radius 3 is 2.37 bits per heavy atom. The van der Waals surface area contributed by atoms with E-state index in [1.54, 1.807) is 13.8 Å². The van der Waals surface area contributed by atoms with Crippen molar-refractivity contribution in [3.63, 3.8) is 0 Å². The van der Waals surface area contributed by atoms with Gasteiger partial charge in [-0.1, -0.05) is 11.8 Å². The molecule has 4 nitrogen and oxygen atoms in total. The summed E-state index contributed by atoms with van der Waals surface area (Å²) in [6.07, 6.45) is -3.73. The highest BCUT2D eigenvalue weighted by atomic mass is 32.2. The molecule has 0 bridgehead atoms. The van der Waals surface area contributed by atoms with Crippen LogP contribution in [-0.4, -0.2) is 26.8 Å². The van der Waals surface area contributed by atoms with Crippen LogP contribution in [0.3, 0.4) is 0 Å². The number of aromatic nitrogens is 1. The highest BCUT2D eigenvalue weighted by molar-refractivity contribution is 8.00. The lowest BCUT2D eigenvalue weighted by Gasteiger charge is -2.27. The molecule has 8 heteroatoms. The van der Waals surface area contributed by atoms with Crippen molar-refractivity contribution in [2.24, 2.45) is 5.73 Å². The Bertz CT molecular complexity index is 460. The molecule has 0 aliphatic carbocycles. The third-order valence-corrected chi connectivity index (χ3v) is 3.68. The van der Waals surface area contributed by atoms with Gasteiger partial charge in [0.15, 0.2) is 0 Å². The van der Waals surface area contributed by atoms with E-state index < -0.39 is 28.5 Å². The highest BCUT2D eigenvalue weighted by Gasteiger charge is 2.34. The fraction of sp³-hybridized carbons (Fsp3) is 0.455. The van der Waals surface area contributed by atoms with Crippen molar-refractivity contribution in [3.05, 3.63) is 23.9 Å². The second-order valence-corrected chi connectivity index (χ2v) is 6.08. The van der Waals surface area contributed by atoms with Gasteiger partial charge in [0.05, 0.1) is 10.6 Å². The summed E-state index contributed by atoms with van der Waals surface area (Å²) in [5, 5.41) is 9.13. The van der Waals surface area contributed by atoms with E-state index in [9.17, 15) is 18.0 Å². The molecule has 0 saturated heterocycles. The summed E-state index contributed by atoms with van der Waals surface area (Å²) in [6, 6.07) is 0.947. The van der Waals surface area contributed by atoms with Crippen molar-refractivity contribution in [2.75, 3.05) is 0 Å². The van der Waals surface area contributed by atoms with Crippen LogP contribution in [0.1, 0.15) is 19.4 Å². The Labute approximate surface area is 112 Å². The van der Waals surface area contributed by atoms with Crippen LogP contribution in [0.5, 0.6) is 0 Å². The first-order chi connectivity index (χ1) is 8.54. The summed E-state index contributed by atoms with van der Waals surface area (Å²) in [7, 11) is 0. The smallest absolute Gasteiger partial charge is 0.417 e. The summed E-state index contributed by atoms with van der Waals surface area (Å²) in [4.78, 5) is 14.5. The highest BCUT2D eigenvalue weighted by Crippen LogP contribution is 2.35. The maximum atomic E-state index is 12.3. The molecule has 0 radical (unpaired) electrons. The molecule has 0 aromatic carbocycles. The van der Waals surface area contributed by atoms with E-state index in [0.29, 0.717) is 6.20 Å². The Kier molecular flexibility index (Phi) is 4.46. The van der Waals surface area contributed by atoms with Gasteiger partial charge in [0.2, 0.25) is 0 Å². The zero-order valence-electron chi connectivity index (χ0n) is 10.2. The Hall–Kier alpha value is -1.28. The van der Waals surface area contributed by atoms with Gasteiger partial charge < -0.3 is 10.8 Å². The monoisotopic (exact) mass is 294 g/mol. The van der Waals surface area contributed by atoms with Crippen LogP contribution >= 0.6 is 11.8 Å². The molecule has 0 unspecified atom stereocenters. The quantitative estimate of drug-likeness (QED) is 0.834. The number of aliphatic carboxylic acids is 1. The Balaban J connectivity index is 2.86. The first-order valence-electron chi connectivity index (χ1n) is 5.24.